The topological polar surface area (TPSA) is 64.6 Å². The summed E-state index contributed by atoms with van der Waals surface area (Å²) in [6, 6.07) is 0. The molecule has 0 aromatic rings. The molecule has 2 atom stereocenters. The first kappa shape index (κ1) is 36.0. The summed E-state index contributed by atoms with van der Waals surface area (Å²) in [7, 11) is 0. The van der Waals surface area contributed by atoms with E-state index in [0.717, 1.165) is 25.7 Å². The first-order valence-corrected chi connectivity index (χ1v) is 18.5. The zero-order valence-corrected chi connectivity index (χ0v) is 27.1. The van der Waals surface area contributed by atoms with Crippen molar-refractivity contribution in [1.29, 1.82) is 0 Å². The van der Waals surface area contributed by atoms with E-state index < -0.39 is 11.4 Å². The van der Waals surface area contributed by atoms with Crippen molar-refractivity contribution in [3.8, 4) is 0 Å². The van der Waals surface area contributed by atoms with Crippen LogP contribution in [0.1, 0.15) is 92.9 Å². The van der Waals surface area contributed by atoms with Crippen LogP contribution in [0.3, 0.4) is 0 Å². The molecule has 0 fully saturated rings. The number of hydrogen-bond donors (Lipinski definition) is 0. The van der Waals surface area contributed by atoms with E-state index in [1.54, 1.807) is 0 Å². The van der Waals surface area contributed by atoms with Crippen LogP contribution in [0.5, 0.6) is 0 Å². The molecule has 0 aliphatic carbocycles. The molecule has 0 saturated heterocycles. The van der Waals surface area contributed by atoms with Crippen molar-refractivity contribution in [1.82, 2.24) is 0 Å². The molecule has 2 unspecified atom stereocenters. The fourth-order valence-corrected chi connectivity index (χ4v) is 11.3. The zero-order valence-electron chi connectivity index (χ0n) is 19.1. The maximum atomic E-state index is 11.6. The van der Waals surface area contributed by atoms with Gasteiger partial charge in [-0.05, 0) is 12.8 Å². The van der Waals surface area contributed by atoms with Crippen molar-refractivity contribution >= 4 is 57.8 Å². The Kier molecular flexibility index (Phi) is 27.7. The van der Waals surface area contributed by atoms with Gasteiger partial charge in [-0.15, -0.1) is 22.8 Å². The molecule has 0 saturated carbocycles. The van der Waals surface area contributed by atoms with Crippen molar-refractivity contribution in [2.24, 2.45) is 0 Å². The predicted molar refractivity (Wildman–Crippen MR) is 134 cm³/mol. The van der Waals surface area contributed by atoms with E-state index in [1.165, 1.54) is 48.4 Å². The Morgan fingerprint density at radius 1 is 0.690 bits per heavy atom. The summed E-state index contributed by atoms with van der Waals surface area (Å²) < 4.78 is 10.4. The molecular weight excluding hydrogens is 536 g/mol. The van der Waals surface area contributed by atoms with Gasteiger partial charge in [-0.1, -0.05) is 104 Å². The van der Waals surface area contributed by atoms with E-state index in [1.807, 2.05) is 27.7 Å². The summed E-state index contributed by atoms with van der Waals surface area (Å²) in [5.41, 5.74) is -5.59. The Bertz CT molecular complexity index is 418. The van der Waals surface area contributed by atoms with Crippen LogP contribution in [0.15, 0.2) is 0 Å². The quantitative estimate of drug-likeness (QED) is 0.116. The number of rotatable bonds is 16. The number of unbranched alkanes of at least 4 members (excludes halogenated alkanes) is 6. The third kappa shape index (κ3) is 30.5. The van der Waals surface area contributed by atoms with Crippen molar-refractivity contribution < 1.29 is 38.3 Å². The monoisotopic (exact) mass is 574 g/mol. The van der Waals surface area contributed by atoms with Gasteiger partial charge in [0, 0.05) is 21.9 Å². The van der Waals surface area contributed by atoms with Crippen LogP contribution < -0.4 is 9.79 Å². The van der Waals surface area contributed by atoms with Crippen LogP contribution >= 0.6 is 34.2 Å². The number of hydrogen-bond acceptors (Lipinski definition) is 8. The van der Waals surface area contributed by atoms with Crippen molar-refractivity contribution in [3.05, 3.63) is 0 Å². The first-order valence-electron chi connectivity index (χ1n) is 10.2. The second-order valence-corrected chi connectivity index (χ2v) is 20.0. The van der Waals surface area contributed by atoms with E-state index in [0.29, 0.717) is 13.2 Å². The van der Waals surface area contributed by atoms with Gasteiger partial charge in [0.05, 0.1) is 13.2 Å². The smallest absolute Gasteiger partial charge is 0.793 e. The maximum absolute atomic E-state index is 11.6. The Labute approximate surface area is 211 Å². The molecule has 0 radical (unpaired) electrons. The molecule has 0 bridgehead atoms. The molecule has 0 heterocycles. The van der Waals surface area contributed by atoms with Gasteiger partial charge in [-0.3, -0.25) is 0 Å². The van der Waals surface area contributed by atoms with Crippen LogP contribution in [0.25, 0.3) is 0 Å². The molecule has 29 heavy (non-hydrogen) atoms. The minimum Gasteiger partial charge on any atom is -0.793 e. The molecule has 0 aromatic carbocycles. The predicted octanol–water partition coefficient (Wildman–Crippen LogP) is 6.62. The summed E-state index contributed by atoms with van der Waals surface area (Å²) in [5.74, 6) is 0. The standard InChI is InChI=1S/2C9H21O2PS2.Zn/c2*1-4-5-6-7-8-11-12(10,13)14-9(2)3;/h2*9H,4-8H2,1-3H3,(H,10,13);/q;;+2/p-2. The van der Waals surface area contributed by atoms with Crippen LogP contribution in [-0.4, -0.2) is 23.7 Å². The third-order valence-corrected chi connectivity index (χ3v) is 12.4. The van der Waals surface area contributed by atoms with E-state index >= 15 is 0 Å². The molecule has 11 heteroatoms. The SMILES string of the molecule is CCCCCCOP([O-])(=S)SC(C)C.CCCCCCOP([O-])(=S)SC(C)C.[Zn+2]. The van der Waals surface area contributed by atoms with Crippen LogP contribution in [0.2, 0.25) is 0 Å². The van der Waals surface area contributed by atoms with Gasteiger partial charge < -0.3 is 18.8 Å². The molecule has 0 rings (SSSR count). The van der Waals surface area contributed by atoms with Crippen LogP contribution in [-0.2, 0) is 52.1 Å². The largest absolute Gasteiger partial charge is 2.00 e. The third-order valence-electron chi connectivity index (χ3n) is 3.17. The summed E-state index contributed by atoms with van der Waals surface area (Å²) in [4.78, 5) is 23.2. The summed E-state index contributed by atoms with van der Waals surface area (Å²) in [5, 5.41) is 0.544. The van der Waals surface area contributed by atoms with Gasteiger partial charge in [-0.25, -0.2) is 0 Å². The molecule has 0 amide bonds. The minimum atomic E-state index is -2.80. The molecule has 0 aliphatic rings. The Morgan fingerprint density at radius 2 is 1.00 bits per heavy atom. The normalized spacial score (nSPS) is 15.2. The van der Waals surface area contributed by atoms with Crippen molar-refractivity contribution in [3.63, 3.8) is 0 Å². The molecule has 0 N–H and O–H groups in total. The Balaban J connectivity index is -0.000000451. The fraction of sp³-hybridized carbons (Fsp3) is 1.00. The van der Waals surface area contributed by atoms with Gasteiger partial charge >= 0.3 is 19.5 Å². The average molecular weight is 576 g/mol. The van der Waals surface area contributed by atoms with Crippen molar-refractivity contribution in [2.45, 2.75) is 103 Å². The maximum Gasteiger partial charge on any atom is 2.00 e. The molecule has 0 spiro atoms. The first-order chi connectivity index (χ1) is 13.0. The molecule has 0 aromatic heterocycles. The van der Waals surface area contributed by atoms with Crippen LogP contribution in [0, 0.1) is 0 Å². The van der Waals surface area contributed by atoms with E-state index in [2.05, 4.69) is 13.8 Å². The van der Waals surface area contributed by atoms with Gasteiger partial charge in [0.1, 0.15) is 0 Å². The summed E-state index contributed by atoms with van der Waals surface area (Å²) in [6.07, 6.45) is 9.03. The molecule has 4 nitrogen and oxygen atoms in total. The van der Waals surface area contributed by atoms with E-state index in [-0.39, 0.29) is 30.0 Å². The summed E-state index contributed by atoms with van der Waals surface area (Å²) in [6.45, 7) is 13.3. The Hall–Kier alpha value is 2.46. The average Bonchev–Trinajstić information content (AvgIpc) is 2.52. The van der Waals surface area contributed by atoms with Gasteiger partial charge in [0.15, 0.2) is 0 Å². The molecule has 0 aliphatic heterocycles. The van der Waals surface area contributed by atoms with E-state index in [9.17, 15) is 9.79 Å². The van der Waals surface area contributed by atoms with Crippen molar-refractivity contribution in [2.75, 3.05) is 13.2 Å². The second kappa shape index (κ2) is 22.3. The minimum absolute atomic E-state index is 0. The van der Waals surface area contributed by atoms with Crippen LogP contribution in [0.4, 0.5) is 0 Å². The summed E-state index contributed by atoms with van der Waals surface area (Å²) >= 11 is 12.3. The van der Waals surface area contributed by atoms with E-state index in [4.69, 9.17) is 32.7 Å². The fourth-order valence-electron chi connectivity index (χ4n) is 1.99. The Morgan fingerprint density at radius 3 is 1.24 bits per heavy atom. The van der Waals surface area contributed by atoms with Gasteiger partial charge in [-0.2, -0.15) is 0 Å². The molecule has 172 valence electrons. The molecular formula is C18H40O4P2S4Zn. The van der Waals surface area contributed by atoms with Gasteiger partial charge in [0.25, 0.3) is 0 Å². The second-order valence-electron chi connectivity index (χ2n) is 6.99. The zero-order chi connectivity index (χ0) is 22.1. The van der Waals surface area contributed by atoms with Gasteiger partial charge in [0.2, 0.25) is 0 Å².